The number of nitrogens with zero attached hydrogens (tertiary/aromatic N) is 1. The Bertz CT molecular complexity index is 582. The SMILES string of the molecule is [B]C(=O)N1C(c2c(OC)cccc2OC)OC(C=C)[C@@H]1CC(C)C. The van der Waals surface area contributed by atoms with Crippen molar-refractivity contribution in [2.24, 2.45) is 5.92 Å². The van der Waals surface area contributed by atoms with Crippen molar-refractivity contribution in [3.8, 4) is 11.5 Å². The average Bonchev–Trinajstić information content (AvgIpc) is 2.91. The van der Waals surface area contributed by atoms with Crippen LogP contribution in [0.15, 0.2) is 30.9 Å². The Hall–Kier alpha value is -1.95. The fourth-order valence-electron chi connectivity index (χ4n) is 3.19. The van der Waals surface area contributed by atoms with E-state index in [1.807, 2.05) is 6.07 Å². The summed E-state index contributed by atoms with van der Waals surface area (Å²) in [5.74, 6) is 1.00. The minimum Gasteiger partial charge on any atom is -0.496 e. The lowest BCUT2D eigenvalue weighted by Gasteiger charge is -2.30. The molecule has 6 heteroatoms. The van der Waals surface area contributed by atoms with E-state index in [0.29, 0.717) is 23.0 Å². The third-order valence-electron chi connectivity index (χ3n) is 4.19. The van der Waals surface area contributed by atoms with E-state index >= 15 is 0 Å². The summed E-state index contributed by atoms with van der Waals surface area (Å²) < 4.78 is 17.0. The van der Waals surface area contributed by atoms with Crippen LogP contribution in [0.3, 0.4) is 0 Å². The number of methoxy groups -OCH3 is 2. The molecule has 1 aromatic rings. The highest BCUT2D eigenvalue weighted by Gasteiger charge is 2.44. The summed E-state index contributed by atoms with van der Waals surface area (Å²) in [7, 11) is 8.82. The van der Waals surface area contributed by atoms with Gasteiger partial charge in [-0.15, -0.1) is 6.58 Å². The van der Waals surface area contributed by atoms with E-state index in [1.165, 1.54) is 0 Å². The van der Waals surface area contributed by atoms with Gasteiger partial charge >= 0.3 is 0 Å². The lowest BCUT2D eigenvalue weighted by molar-refractivity contribution is 0.0272. The smallest absolute Gasteiger partial charge is 0.200 e. The van der Waals surface area contributed by atoms with Gasteiger partial charge in [-0.05, 0) is 24.5 Å². The van der Waals surface area contributed by atoms with Crippen molar-refractivity contribution in [3.05, 3.63) is 36.4 Å². The number of carbonyl (C=O) groups is 1. The van der Waals surface area contributed by atoms with Crippen molar-refractivity contribution < 1.29 is 19.0 Å². The number of carbonyl (C=O) groups excluding carboxylic acids is 1. The number of amides is 1. The number of ether oxygens (including phenoxy) is 3. The molecule has 5 nitrogen and oxygen atoms in total. The molecule has 0 bridgehead atoms. The van der Waals surface area contributed by atoms with Crippen LogP contribution >= 0.6 is 0 Å². The molecule has 3 atom stereocenters. The molecule has 0 aromatic heterocycles. The lowest BCUT2D eigenvalue weighted by atomic mass is 9.95. The van der Waals surface area contributed by atoms with E-state index in [2.05, 4.69) is 20.4 Å². The molecule has 0 saturated carbocycles. The molecule has 1 aliphatic rings. The highest BCUT2D eigenvalue weighted by Crippen LogP contribution is 2.44. The van der Waals surface area contributed by atoms with Gasteiger partial charge in [0.2, 0.25) is 7.85 Å². The molecule has 1 aliphatic heterocycles. The molecule has 2 unspecified atom stereocenters. The molecule has 2 radical (unpaired) electrons. The molecule has 1 heterocycles. The van der Waals surface area contributed by atoms with Crippen LogP contribution in [0.2, 0.25) is 0 Å². The summed E-state index contributed by atoms with van der Waals surface area (Å²) in [6, 6.07) is 5.25. The van der Waals surface area contributed by atoms with Gasteiger partial charge in [0.1, 0.15) is 11.5 Å². The summed E-state index contributed by atoms with van der Waals surface area (Å²) in [5, 5.41) is 0. The zero-order chi connectivity index (χ0) is 17.9. The Balaban J connectivity index is 2.53. The predicted molar refractivity (Wildman–Crippen MR) is 93.6 cm³/mol. The van der Waals surface area contributed by atoms with E-state index in [0.717, 1.165) is 6.42 Å². The minimum absolute atomic E-state index is 0.181. The van der Waals surface area contributed by atoms with Crippen molar-refractivity contribution in [1.82, 2.24) is 4.90 Å². The van der Waals surface area contributed by atoms with E-state index in [1.54, 1.807) is 37.3 Å². The molecule has 128 valence electrons. The predicted octanol–water partition coefficient (Wildman–Crippen LogP) is 3.29. The molecule has 0 aliphatic carbocycles. The molecular weight excluding hydrogens is 305 g/mol. The Morgan fingerprint density at radius 1 is 1.38 bits per heavy atom. The number of hydrogen-bond acceptors (Lipinski definition) is 4. The summed E-state index contributed by atoms with van der Waals surface area (Å²) in [5.41, 5.74) is 0.652. The van der Waals surface area contributed by atoms with Gasteiger partial charge in [-0.2, -0.15) is 0 Å². The molecule has 1 amide bonds. The van der Waals surface area contributed by atoms with Crippen molar-refractivity contribution in [1.29, 1.82) is 0 Å². The average molecular weight is 329 g/mol. The Labute approximate surface area is 145 Å². The van der Waals surface area contributed by atoms with Crippen LogP contribution in [0.1, 0.15) is 32.1 Å². The summed E-state index contributed by atoms with van der Waals surface area (Å²) in [4.78, 5) is 13.8. The molecule has 24 heavy (non-hydrogen) atoms. The topological polar surface area (TPSA) is 48.0 Å². The van der Waals surface area contributed by atoms with Gasteiger partial charge in [0.15, 0.2) is 12.0 Å². The first kappa shape index (κ1) is 18.4. The van der Waals surface area contributed by atoms with Gasteiger partial charge in [0.05, 0.1) is 31.9 Å². The van der Waals surface area contributed by atoms with E-state index in [4.69, 9.17) is 22.1 Å². The summed E-state index contributed by atoms with van der Waals surface area (Å²) in [6.07, 6.45) is 1.48. The van der Waals surface area contributed by atoms with Gasteiger partial charge < -0.3 is 19.1 Å². The van der Waals surface area contributed by atoms with E-state index in [9.17, 15) is 4.79 Å². The van der Waals surface area contributed by atoms with Crippen LogP contribution in [0.4, 0.5) is 4.79 Å². The maximum Gasteiger partial charge on any atom is 0.200 e. The molecule has 1 saturated heterocycles. The van der Waals surface area contributed by atoms with Crippen LogP contribution in [0.5, 0.6) is 11.5 Å². The van der Waals surface area contributed by atoms with Crippen molar-refractivity contribution >= 4 is 13.7 Å². The van der Waals surface area contributed by atoms with Crippen molar-refractivity contribution in [3.63, 3.8) is 0 Å². The third kappa shape index (κ3) is 3.43. The van der Waals surface area contributed by atoms with Crippen molar-refractivity contribution in [2.45, 2.75) is 38.6 Å². The number of hydrogen-bond donors (Lipinski definition) is 0. The first-order valence-electron chi connectivity index (χ1n) is 8.01. The Morgan fingerprint density at radius 3 is 2.38 bits per heavy atom. The lowest BCUT2D eigenvalue weighted by Crippen LogP contribution is -2.40. The van der Waals surface area contributed by atoms with Crippen LogP contribution in [0.25, 0.3) is 0 Å². The maximum absolute atomic E-state index is 12.2. The molecule has 1 aromatic carbocycles. The summed E-state index contributed by atoms with van der Waals surface area (Å²) in [6.45, 7) is 8.03. The highest BCUT2D eigenvalue weighted by molar-refractivity contribution is 6.57. The zero-order valence-corrected chi connectivity index (χ0v) is 14.7. The third-order valence-corrected chi connectivity index (χ3v) is 4.19. The first-order chi connectivity index (χ1) is 11.4. The fraction of sp³-hybridized carbons (Fsp3) is 0.500. The van der Waals surface area contributed by atoms with Crippen LogP contribution in [-0.4, -0.2) is 44.9 Å². The number of benzene rings is 1. The highest BCUT2D eigenvalue weighted by atomic mass is 16.5. The van der Waals surface area contributed by atoms with Crippen molar-refractivity contribution in [2.75, 3.05) is 14.2 Å². The zero-order valence-electron chi connectivity index (χ0n) is 14.7. The van der Waals surface area contributed by atoms with Crippen LogP contribution in [-0.2, 0) is 4.74 Å². The minimum atomic E-state index is -0.680. The molecule has 0 N–H and O–H groups in total. The van der Waals surface area contributed by atoms with E-state index in [-0.39, 0.29) is 12.1 Å². The first-order valence-corrected chi connectivity index (χ1v) is 8.01. The van der Waals surface area contributed by atoms with Gasteiger partial charge in [-0.1, -0.05) is 26.0 Å². The van der Waals surface area contributed by atoms with Gasteiger partial charge in [0.25, 0.3) is 0 Å². The van der Waals surface area contributed by atoms with Gasteiger partial charge in [0, 0.05) is 0 Å². The second-order valence-electron chi connectivity index (χ2n) is 6.21. The largest absolute Gasteiger partial charge is 0.496 e. The van der Waals surface area contributed by atoms with E-state index < -0.39 is 12.0 Å². The van der Waals surface area contributed by atoms with Gasteiger partial charge in [-0.25, -0.2) is 0 Å². The monoisotopic (exact) mass is 329 g/mol. The molecular formula is C18H24BNO4. The second kappa shape index (κ2) is 7.75. The van der Waals surface area contributed by atoms with Crippen LogP contribution < -0.4 is 9.47 Å². The second-order valence-corrected chi connectivity index (χ2v) is 6.21. The normalized spacial score (nSPS) is 23.4. The quantitative estimate of drug-likeness (QED) is 0.593. The van der Waals surface area contributed by atoms with Gasteiger partial charge in [-0.3, -0.25) is 4.79 Å². The number of rotatable bonds is 6. The fourth-order valence-corrected chi connectivity index (χ4v) is 3.19. The maximum atomic E-state index is 12.2. The Morgan fingerprint density at radius 2 is 1.96 bits per heavy atom. The molecule has 0 spiro atoms. The molecule has 1 fully saturated rings. The molecule has 2 rings (SSSR count). The summed E-state index contributed by atoms with van der Waals surface area (Å²) >= 11 is 0. The standard InChI is InChI=1S/C18H24BNO4/c1-6-13-12(10-11(2)3)20(18(19)21)17(24-13)16-14(22-4)8-7-9-15(16)23-5/h6-9,11-13,17H,1,10H2,2-5H3/t12-,13?,17?/m0/s1. The van der Waals surface area contributed by atoms with Crippen LogP contribution in [0, 0.1) is 5.92 Å². The Kier molecular flexibility index (Phi) is 5.94.